The van der Waals surface area contributed by atoms with Crippen molar-refractivity contribution in [3.05, 3.63) is 54.1 Å². The molecule has 0 spiro atoms. The molecule has 0 atom stereocenters. The molecule has 3 heteroatoms. The van der Waals surface area contributed by atoms with Crippen molar-refractivity contribution in [1.82, 2.24) is 0 Å². The van der Waals surface area contributed by atoms with Crippen LogP contribution in [0.2, 0.25) is 0 Å². The fourth-order valence-corrected chi connectivity index (χ4v) is 2.40. The maximum atomic E-state index is 5.74. The summed E-state index contributed by atoms with van der Waals surface area (Å²) in [5, 5.41) is 3.43. The molecule has 0 aliphatic carbocycles. The first-order valence-corrected chi connectivity index (χ1v) is 8.89. The predicted octanol–water partition coefficient (Wildman–Crippen LogP) is 5.65. The Balaban J connectivity index is 1.81. The molecule has 0 amide bonds. The zero-order valence-electron chi connectivity index (χ0n) is 15.0. The van der Waals surface area contributed by atoms with Gasteiger partial charge in [-0.15, -0.1) is 0 Å². The van der Waals surface area contributed by atoms with E-state index in [2.05, 4.69) is 30.4 Å². The van der Waals surface area contributed by atoms with Crippen LogP contribution >= 0.6 is 0 Å². The number of ether oxygens (including phenoxy) is 2. The van der Waals surface area contributed by atoms with E-state index in [0.29, 0.717) is 0 Å². The highest BCUT2D eigenvalue weighted by molar-refractivity contribution is 5.48. The molecule has 0 saturated heterocycles. The smallest absolute Gasteiger partial charge is 0.121 e. The van der Waals surface area contributed by atoms with Crippen LogP contribution in [0.25, 0.3) is 0 Å². The number of hydrogen-bond donors (Lipinski definition) is 1. The van der Waals surface area contributed by atoms with E-state index >= 15 is 0 Å². The van der Waals surface area contributed by atoms with Gasteiger partial charge in [0.2, 0.25) is 0 Å². The van der Waals surface area contributed by atoms with E-state index in [1.54, 1.807) is 0 Å². The summed E-state index contributed by atoms with van der Waals surface area (Å²) in [5.41, 5.74) is 2.29. The van der Waals surface area contributed by atoms with Crippen LogP contribution in [0.4, 0.5) is 5.69 Å². The van der Waals surface area contributed by atoms with Gasteiger partial charge in [-0.3, -0.25) is 0 Å². The molecule has 0 fully saturated rings. The molecule has 3 nitrogen and oxygen atoms in total. The summed E-state index contributed by atoms with van der Waals surface area (Å²) in [6.07, 6.45) is 3.75. The molecule has 130 valence electrons. The second-order valence-corrected chi connectivity index (χ2v) is 6.25. The van der Waals surface area contributed by atoms with Crippen LogP contribution < -0.4 is 14.8 Å². The van der Waals surface area contributed by atoms with E-state index in [9.17, 15) is 0 Å². The Kier molecular flexibility index (Phi) is 7.47. The summed E-state index contributed by atoms with van der Waals surface area (Å²) >= 11 is 0. The van der Waals surface area contributed by atoms with Gasteiger partial charge in [0.05, 0.1) is 12.7 Å². The Labute approximate surface area is 146 Å². The zero-order chi connectivity index (χ0) is 17.2. The van der Waals surface area contributed by atoms with Gasteiger partial charge in [0.15, 0.2) is 0 Å². The van der Waals surface area contributed by atoms with Crippen LogP contribution in [0.15, 0.2) is 48.5 Å². The Bertz CT molecular complexity index is 593. The van der Waals surface area contributed by atoms with E-state index in [1.807, 2.05) is 44.2 Å². The van der Waals surface area contributed by atoms with Gasteiger partial charge in [-0.05, 0) is 50.1 Å². The number of unbranched alkanes of at least 4 members (excludes halogenated alkanes) is 2. The van der Waals surface area contributed by atoms with Crippen LogP contribution in [0.5, 0.6) is 11.5 Å². The van der Waals surface area contributed by atoms with Gasteiger partial charge in [-0.2, -0.15) is 0 Å². The Morgan fingerprint density at radius 2 is 1.75 bits per heavy atom. The molecule has 0 heterocycles. The van der Waals surface area contributed by atoms with E-state index in [4.69, 9.17) is 9.47 Å². The monoisotopic (exact) mass is 327 g/mol. The predicted molar refractivity (Wildman–Crippen MR) is 101 cm³/mol. The molecule has 2 rings (SSSR count). The van der Waals surface area contributed by atoms with Crippen molar-refractivity contribution in [3.63, 3.8) is 0 Å². The van der Waals surface area contributed by atoms with E-state index < -0.39 is 0 Å². The Morgan fingerprint density at radius 3 is 2.46 bits per heavy atom. The summed E-state index contributed by atoms with van der Waals surface area (Å²) in [5.74, 6) is 1.84. The molecule has 0 bridgehead atoms. The minimum Gasteiger partial charge on any atom is -0.494 e. The van der Waals surface area contributed by atoms with Gasteiger partial charge < -0.3 is 14.8 Å². The summed E-state index contributed by atoms with van der Waals surface area (Å²) in [6, 6.07) is 16.4. The lowest BCUT2D eigenvalue weighted by atomic mass is 10.2. The Morgan fingerprint density at radius 1 is 0.958 bits per heavy atom. The van der Waals surface area contributed by atoms with Gasteiger partial charge in [0, 0.05) is 18.3 Å². The lowest BCUT2D eigenvalue weighted by Crippen LogP contribution is -2.06. The minimum absolute atomic E-state index is 0.185. The standard InChI is InChI=1S/C21H29NO2/c1-4-5-6-14-23-20-12-10-18(11-13-20)16-22-19-8-7-9-21(15-19)24-17(2)3/h7-13,15,17,22H,4-6,14,16H2,1-3H3. The summed E-state index contributed by atoms with van der Waals surface area (Å²) in [6.45, 7) is 7.85. The first-order chi connectivity index (χ1) is 11.7. The minimum atomic E-state index is 0.185. The highest BCUT2D eigenvalue weighted by atomic mass is 16.5. The van der Waals surface area contributed by atoms with E-state index in [0.717, 1.165) is 36.8 Å². The maximum absolute atomic E-state index is 5.74. The second-order valence-electron chi connectivity index (χ2n) is 6.25. The molecule has 0 aliphatic rings. The number of anilines is 1. The average Bonchev–Trinajstić information content (AvgIpc) is 2.58. The first kappa shape index (κ1) is 18.2. The fourth-order valence-electron chi connectivity index (χ4n) is 2.40. The lowest BCUT2D eigenvalue weighted by Gasteiger charge is -2.12. The van der Waals surface area contributed by atoms with Crippen molar-refractivity contribution in [3.8, 4) is 11.5 Å². The van der Waals surface area contributed by atoms with Gasteiger partial charge in [-0.25, -0.2) is 0 Å². The number of benzene rings is 2. The molecule has 0 aromatic heterocycles. The van der Waals surface area contributed by atoms with Gasteiger partial charge >= 0.3 is 0 Å². The fraction of sp³-hybridized carbons (Fsp3) is 0.429. The van der Waals surface area contributed by atoms with Crippen LogP contribution in [-0.4, -0.2) is 12.7 Å². The zero-order valence-corrected chi connectivity index (χ0v) is 15.0. The molecular formula is C21H29NO2. The molecule has 2 aromatic rings. The molecule has 0 saturated carbocycles. The Hall–Kier alpha value is -2.16. The van der Waals surface area contributed by atoms with Crippen LogP contribution in [0.1, 0.15) is 45.6 Å². The molecule has 2 aromatic carbocycles. The topological polar surface area (TPSA) is 30.5 Å². The van der Waals surface area contributed by atoms with E-state index in [1.165, 1.54) is 18.4 Å². The van der Waals surface area contributed by atoms with Crippen molar-refractivity contribution < 1.29 is 9.47 Å². The number of nitrogens with one attached hydrogen (secondary N) is 1. The van der Waals surface area contributed by atoms with Gasteiger partial charge in [0.1, 0.15) is 11.5 Å². The average molecular weight is 327 g/mol. The largest absolute Gasteiger partial charge is 0.494 e. The number of rotatable bonds is 10. The summed E-state index contributed by atoms with van der Waals surface area (Å²) in [4.78, 5) is 0. The highest BCUT2D eigenvalue weighted by Gasteiger charge is 2.00. The number of hydrogen-bond acceptors (Lipinski definition) is 3. The summed E-state index contributed by atoms with van der Waals surface area (Å²) < 4.78 is 11.5. The van der Waals surface area contributed by atoms with Crippen LogP contribution in [-0.2, 0) is 6.54 Å². The van der Waals surface area contributed by atoms with Gasteiger partial charge in [-0.1, -0.05) is 38.0 Å². The second kappa shape index (κ2) is 9.86. The van der Waals surface area contributed by atoms with Gasteiger partial charge in [0.25, 0.3) is 0 Å². The molecule has 0 aliphatic heterocycles. The van der Waals surface area contributed by atoms with Crippen molar-refractivity contribution in [2.24, 2.45) is 0 Å². The molecule has 0 unspecified atom stereocenters. The maximum Gasteiger partial charge on any atom is 0.121 e. The third-order valence-corrected chi connectivity index (χ3v) is 3.64. The molecule has 24 heavy (non-hydrogen) atoms. The summed E-state index contributed by atoms with van der Waals surface area (Å²) in [7, 11) is 0. The quantitative estimate of drug-likeness (QED) is 0.572. The van der Waals surface area contributed by atoms with E-state index in [-0.39, 0.29) is 6.10 Å². The van der Waals surface area contributed by atoms with Crippen LogP contribution in [0, 0.1) is 0 Å². The molecular weight excluding hydrogens is 298 g/mol. The SMILES string of the molecule is CCCCCOc1ccc(CNc2cccc(OC(C)C)c2)cc1. The first-order valence-electron chi connectivity index (χ1n) is 8.89. The van der Waals surface area contributed by atoms with Crippen molar-refractivity contribution in [1.29, 1.82) is 0 Å². The van der Waals surface area contributed by atoms with Crippen molar-refractivity contribution >= 4 is 5.69 Å². The molecule has 1 N–H and O–H groups in total. The highest BCUT2D eigenvalue weighted by Crippen LogP contribution is 2.20. The third kappa shape index (κ3) is 6.53. The van der Waals surface area contributed by atoms with Crippen molar-refractivity contribution in [2.45, 2.75) is 52.7 Å². The lowest BCUT2D eigenvalue weighted by molar-refractivity contribution is 0.242. The molecule has 0 radical (unpaired) electrons. The van der Waals surface area contributed by atoms with Crippen molar-refractivity contribution in [2.75, 3.05) is 11.9 Å². The van der Waals surface area contributed by atoms with Crippen LogP contribution in [0.3, 0.4) is 0 Å². The normalized spacial score (nSPS) is 10.7. The third-order valence-electron chi connectivity index (χ3n) is 3.64.